The Bertz CT molecular complexity index is 1750. The fourth-order valence-corrected chi connectivity index (χ4v) is 7.99. The van der Waals surface area contributed by atoms with E-state index in [9.17, 15) is 68.1 Å². The molecule has 0 radical (unpaired) electrons. The Hall–Kier alpha value is -5.95. The SMILES string of the molecule is C[C@H](NC(=O)CNC(=O)[C@H](CO)NC(=O)[C@H](CO)NC(=O)[C@@H]1CCCN1C(=O)CNC(=O)CNC(=O)CN)C(=O)N1CCC[C@H]1C(=O)N1CCC[C@H]1C(=O)N1CCC[C@H]1C(=O)O. The van der Waals surface area contributed by atoms with Crippen molar-refractivity contribution in [3.63, 3.8) is 0 Å². The lowest BCUT2D eigenvalue weighted by atomic mass is 10.1. The van der Waals surface area contributed by atoms with Gasteiger partial charge < -0.3 is 72.6 Å². The maximum atomic E-state index is 13.8. The summed E-state index contributed by atoms with van der Waals surface area (Å²) in [6.07, 6.45) is 3.15. The Morgan fingerprint density at radius 1 is 0.565 bits per heavy atom. The molecule has 0 spiro atoms. The van der Waals surface area contributed by atoms with Gasteiger partial charge in [0.05, 0.1) is 39.4 Å². The minimum atomic E-state index is -1.65. The van der Waals surface area contributed by atoms with Gasteiger partial charge in [-0.2, -0.15) is 0 Å². The standard InChI is InChI=1S/C37H57N11O14/c1-20(34(58)46-11-3-7-24(46)35(59)47-12-4-8-25(47)36(60)48-13-5-9-26(48)37(61)62)42-29(53)16-41-31(55)21(18-49)43-32(56)22(19-50)44-33(57)23-6-2-10-45(23)30(54)17-40-28(52)15-39-27(51)14-38/h20-26,49-50H,2-19,38H2,1H3,(H,39,51)(H,40,52)(H,41,55)(H,42,53)(H,43,56)(H,44,57)(H,61,62)/t20-,21-,22-,23-,24-,25-,26-/m0/s1. The molecule has 0 unspecified atom stereocenters. The van der Waals surface area contributed by atoms with Gasteiger partial charge in [-0.3, -0.25) is 47.9 Å². The van der Waals surface area contributed by atoms with Crippen LogP contribution in [0.1, 0.15) is 58.3 Å². The molecule has 0 aliphatic carbocycles. The monoisotopic (exact) mass is 879 g/mol. The van der Waals surface area contributed by atoms with E-state index in [1.165, 1.54) is 26.5 Å². The summed E-state index contributed by atoms with van der Waals surface area (Å²) in [5.41, 5.74) is 5.16. The minimum absolute atomic E-state index is 0.152. The molecule has 4 saturated heterocycles. The number of carbonyl (C=O) groups excluding carboxylic acids is 10. The molecule has 0 bridgehead atoms. The summed E-state index contributed by atoms with van der Waals surface area (Å²) in [5, 5.41) is 43.0. The summed E-state index contributed by atoms with van der Waals surface area (Å²) in [4.78, 5) is 145. The van der Waals surface area contributed by atoms with E-state index in [-0.39, 0.29) is 39.1 Å². The number of carboxylic acid groups (broad SMARTS) is 1. The second-order valence-corrected chi connectivity index (χ2v) is 15.4. The van der Waals surface area contributed by atoms with Gasteiger partial charge in [-0.15, -0.1) is 0 Å². The Morgan fingerprint density at radius 3 is 1.63 bits per heavy atom. The summed E-state index contributed by atoms with van der Waals surface area (Å²) in [6, 6.07) is -8.22. The lowest BCUT2D eigenvalue weighted by Crippen LogP contribution is -2.59. The minimum Gasteiger partial charge on any atom is -0.480 e. The van der Waals surface area contributed by atoms with E-state index >= 15 is 0 Å². The van der Waals surface area contributed by atoms with Crippen molar-refractivity contribution in [1.29, 1.82) is 0 Å². The van der Waals surface area contributed by atoms with Gasteiger partial charge >= 0.3 is 5.97 Å². The molecule has 11 N–H and O–H groups in total. The summed E-state index contributed by atoms with van der Waals surface area (Å²) < 4.78 is 0. The number of amides is 10. The van der Waals surface area contributed by atoms with E-state index in [1.807, 2.05) is 0 Å². The average molecular weight is 880 g/mol. The van der Waals surface area contributed by atoms with Crippen LogP contribution in [0.2, 0.25) is 0 Å². The van der Waals surface area contributed by atoms with Gasteiger partial charge in [0.2, 0.25) is 59.1 Å². The van der Waals surface area contributed by atoms with Gasteiger partial charge in [-0.1, -0.05) is 0 Å². The molecule has 4 aliphatic heterocycles. The quantitative estimate of drug-likeness (QED) is 0.0576. The van der Waals surface area contributed by atoms with Crippen LogP contribution in [-0.4, -0.2) is 208 Å². The van der Waals surface area contributed by atoms with Crippen LogP contribution in [0.15, 0.2) is 0 Å². The van der Waals surface area contributed by atoms with Gasteiger partial charge in [0.15, 0.2) is 0 Å². The largest absolute Gasteiger partial charge is 0.480 e. The first-order valence-electron chi connectivity index (χ1n) is 20.6. The van der Waals surface area contributed by atoms with Gasteiger partial charge in [0.25, 0.3) is 0 Å². The number of likely N-dealkylation sites (tertiary alicyclic amines) is 4. The molecule has 0 aromatic heterocycles. The third kappa shape index (κ3) is 12.3. The number of aliphatic hydroxyl groups is 2. The highest BCUT2D eigenvalue weighted by Crippen LogP contribution is 2.28. The van der Waals surface area contributed by atoms with Crippen molar-refractivity contribution in [2.45, 2.75) is 101 Å². The summed E-state index contributed by atoms with van der Waals surface area (Å²) in [5.74, 6) is -8.20. The zero-order valence-electron chi connectivity index (χ0n) is 34.5. The number of hydrogen-bond acceptors (Lipinski definition) is 14. The highest BCUT2D eigenvalue weighted by Gasteiger charge is 2.46. The molecule has 4 rings (SSSR count). The van der Waals surface area contributed by atoms with Gasteiger partial charge in [0, 0.05) is 26.2 Å². The molecule has 25 nitrogen and oxygen atoms in total. The number of nitrogens with zero attached hydrogens (tertiary/aromatic N) is 4. The summed E-state index contributed by atoms with van der Waals surface area (Å²) in [7, 11) is 0. The Kier molecular flexibility index (Phi) is 17.9. The number of aliphatic carboxylic acids is 1. The van der Waals surface area contributed by atoms with Crippen LogP contribution >= 0.6 is 0 Å². The van der Waals surface area contributed by atoms with Crippen molar-refractivity contribution in [3.8, 4) is 0 Å². The number of aliphatic hydroxyl groups excluding tert-OH is 2. The topological polar surface area (TPSA) is 360 Å². The van der Waals surface area contributed by atoms with Crippen LogP contribution < -0.4 is 37.6 Å². The number of hydrogen-bond donors (Lipinski definition) is 10. The molecule has 0 aromatic carbocycles. The maximum absolute atomic E-state index is 13.8. The predicted octanol–water partition coefficient (Wildman–Crippen LogP) is -7.20. The van der Waals surface area contributed by atoms with Crippen molar-refractivity contribution < 1.29 is 68.1 Å². The van der Waals surface area contributed by atoms with Crippen LogP contribution in [0.4, 0.5) is 0 Å². The number of rotatable bonds is 19. The summed E-state index contributed by atoms with van der Waals surface area (Å²) in [6.45, 7) is -1.56. The predicted molar refractivity (Wildman–Crippen MR) is 210 cm³/mol. The third-order valence-corrected chi connectivity index (χ3v) is 11.2. The molecule has 4 heterocycles. The molecular formula is C37H57N11O14. The summed E-state index contributed by atoms with van der Waals surface area (Å²) >= 11 is 0. The lowest BCUT2D eigenvalue weighted by Gasteiger charge is -2.34. The van der Waals surface area contributed by atoms with E-state index in [1.54, 1.807) is 0 Å². The lowest BCUT2D eigenvalue weighted by molar-refractivity contribution is -0.153. The molecule has 4 aliphatic rings. The van der Waals surface area contributed by atoms with Crippen LogP contribution in [0.5, 0.6) is 0 Å². The zero-order chi connectivity index (χ0) is 45.7. The molecule has 25 heteroatoms. The Morgan fingerprint density at radius 2 is 1.05 bits per heavy atom. The molecule has 4 fully saturated rings. The van der Waals surface area contributed by atoms with Crippen molar-refractivity contribution >= 4 is 65.0 Å². The highest BCUT2D eigenvalue weighted by molar-refractivity contribution is 5.98. The Balaban J connectivity index is 1.23. The van der Waals surface area contributed by atoms with Gasteiger partial charge in [-0.05, 0) is 58.3 Å². The average Bonchev–Trinajstić information content (AvgIpc) is 4.11. The maximum Gasteiger partial charge on any atom is 0.326 e. The molecule has 10 amide bonds. The smallest absolute Gasteiger partial charge is 0.326 e. The van der Waals surface area contributed by atoms with Gasteiger partial charge in [0.1, 0.15) is 42.3 Å². The molecular weight excluding hydrogens is 822 g/mol. The van der Waals surface area contributed by atoms with E-state index in [0.29, 0.717) is 44.9 Å². The molecule has 0 aromatic rings. The van der Waals surface area contributed by atoms with Crippen LogP contribution in [-0.2, 0) is 52.7 Å². The first-order chi connectivity index (χ1) is 29.5. The van der Waals surface area contributed by atoms with Crippen LogP contribution in [0.3, 0.4) is 0 Å². The van der Waals surface area contributed by atoms with Crippen molar-refractivity contribution in [3.05, 3.63) is 0 Å². The fraction of sp³-hybridized carbons (Fsp3) is 0.703. The number of nitrogens with two attached hydrogens (primary N) is 1. The van der Waals surface area contributed by atoms with Gasteiger partial charge in [-0.25, -0.2) is 4.79 Å². The van der Waals surface area contributed by atoms with E-state index in [4.69, 9.17) is 5.73 Å². The molecule has 344 valence electrons. The second kappa shape index (κ2) is 22.8. The first kappa shape index (κ1) is 48.7. The van der Waals surface area contributed by atoms with E-state index < -0.39 is 140 Å². The Labute approximate surface area is 356 Å². The number of nitrogens with one attached hydrogen (secondary N) is 6. The normalized spacial score (nSPS) is 22.3. The van der Waals surface area contributed by atoms with Crippen LogP contribution in [0, 0.1) is 0 Å². The third-order valence-electron chi connectivity index (χ3n) is 11.2. The fourth-order valence-electron chi connectivity index (χ4n) is 7.99. The number of carboxylic acids is 1. The van der Waals surface area contributed by atoms with E-state index in [2.05, 4.69) is 31.9 Å². The van der Waals surface area contributed by atoms with E-state index in [0.717, 1.165) is 0 Å². The van der Waals surface area contributed by atoms with Crippen molar-refractivity contribution in [2.24, 2.45) is 5.73 Å². The molecule has 7 atom stereocenters. The molecule has 0 saturated carbocycles. The van der Waals surface area contributed by atoms with Crippen molar-refractivity contribution in [2.75, 3.05) is 65.6 Å². The van der Waals surface area contributed by atoms with Crippen LogP contribution in [0.25, 0.3) is 0 Å². The number of carbonyl (C=O) groups is 11. The molecule has 62 heavy (non-hydrogen) atoms. The first-order valence-corrected chi connectivity index (χ1v) is 20.6. The second-order valence-electron chi connectivity index (χ2n) is 15.4. The van der Waals surface area contributed by atoms with Crippen molar-refractivity contribution in [1.82, 2.24) is 51.5 Å². The highest BCUT2D eigenvalue weighted by atomic mass is 16.4. The zero-order valence-corrected chi connectivity index (χ0v) is 34.5.